The van der Waals surface area contributed by atoms with Gasteiger partial charge in [0.05, 0.1) is 0 Å². The van der Waals surface area contributed by atoms with Crippen molar-refractivity contribution < 1.29 is 4.79 Å². The molecular weight excluding hydrogens is 324 g/mol. The Balaban J connectivity index is 1.94. The van der Waals surface area contributed by atoms with Gasteiger partial charge in [-0.2, -0.15) is 0 Å². The van der Waals surface area contributed by atoms with Crippen molar-refractivity contribution in [3.63, 3.8) is 0 Å². The molecule has 2 aromatic rings. The minimum absolute atomic E-state index is 0.0559. The van der Waals surface area contributed by atoms with Crippen molar-refractivity contribution >= 4 is 44.5 Å². The Morgan fingerprint density at radius 3 is 2.42 bits per heavy atom. The Hall–Kier alpha value is -1.33. The van der Waals surface area contributed by atoms with Crippen LogP contribution >= 0.6 is 27.3 Å². The molecule has 0 spiro atoms. The van der Waals surface area contributed by atoms with Crippen LogP contribution in [0.4, 0.5) is 11.4 Å². The molecule has 1 amide bonds. The second kappa shape index (κ2) is 6.21. The van der Waals surface area contributed by atoms with E-state index in [1.54, 1.807) is 11.3 Å². The molecule has 0 bridgehead atoms. The first-order valence-corrected chi connectivity index (χ1v) is 7.52. The van der Waals surface area contributed by atoms with Crippen LogP contribution in [0.5, 0.6) is 0 Å². The molecule has 0 radical (unpaired) electrons. The van der Waals surface area contributed by atoms with Gasteiger partial charge in [-0.1, -0.05) is 0 Å². The molecule has 19 heavy (non-hydrogen) atoms. The fourth-order valence-electron chi connectivity index (χ4n) is 1.67. The van der Waals surface area contributed by atoms with Crippen LogP contribution < -0.4 is 10.6 Å². The number of nitrogens with one attached hydrogen (secondary N) is 2. The summed E-state index contributed by atoms with van der Waals surface area (Å²) in [6.45, 7) is 4.40. The molecular formula is C14H15BrN2OS. The van der Waals surface area contributed by atoms with E-state index in [2.05, 4.69) is 39.6 Å². The molecule has 3 nitrogen and oxygen atoms in total. The van der Waals surface area contributed by atoms with Crippen LogP contribution in [0, 0.1) is 6.92 Å². The first kappa shape index (κ1) is 14.1. The third-order valence-corrected chi connectivity index (χ3v) is 4.72. The van der Waals surface area contributed by atoms with E-state index >= 15 is 0 Å². The third-order valence-electron chi connectivity index (χ3n) is 2.58. The summed E-state index contributed by atoms with van der Waals surface area (Å²) in [5.74, 6) is -0.0559. The van der Waals surface area contributed by atoms with Crippen molar-refractivity contribution in [2.75, 3.05) is 10.6 Å². The van der Waals surface area contributed by atoms with Gasteiger partial charge in [0, 0.05) is 39.1 Å². The number of anilines is 2. The highest BCUT2D eigenvalue weighted by Gasteiger charge is 2.02. The number of hydrogen-bond acceptors (Lipinski definition) is 3. The number of thiophene rings is 1. The Morgan fingerprint density at radius 2 is 1.89 bits per heavy atom. The number of hydrogen-bond donors (Lipinski definition) is 2. The van der Waals surface area contributed by atoms with Crippen molar-refractivity contribution in [1.29, 1.82) is 0 Å². The highest BCUT2D eigenvalue weighted by molar-refractivity contribution is 9.10. The van der Waals surface area contributed by atoms with E-state index < -0.39 is 0 Å². The molecule has 1 heterocycles. The van der Waals surface area contributed by atoms with Gasteiger partial charge in [0.15, 0.2) is 0 Å². The molecule has 5 heteroatoms. The van der Waals surface area contributed by atoms with Gasteiger partial charge in [0.25, 0.3) is 0 Å². The molecule has 100 valence electrons. The Kier molecular flexibility index (Phi) is 4.61. The monoisotopic (exact) mass is 338 g/mol. The Morgan fingerprint density at radius 1 is 1.26 bits per heavy atom. The molecule has 0 saturated heterocycles. The van der Waals surface area contributed by atoms with Crippen molar-refractivity contribution in [2.24, 2.45) is 0 Å². The van der Waals surface area contributed by atoms with Gasteiger partial charge in [-0.05, 0) is 53.2 Å². The normalized spacial score (nSPS) is 10.3. The summed E-state index contributed by atoms with van der Waals surface area (Å²) in [4.78, 5) is 13.5. The maximum absolute atomic E-state index is 10.9. The fraction of sp³-hybridized carbons (Fsp3) is 0.214. The van der Waals surface area contributed by atoms with Gasteiger partial charge in [0.1, 0.15) is 0 Å². The predicted molar refractivity (Wildman–Crippen MR) is 84.8 cm³/mol. The number of halogens is 1. The summed E-state index contributed by atoms with van der Waals surface area (Å²) < 4.78 is 1.16. The van der Waals surface area contributed by atoms with Crippen LogP contribution in [-0.2, 0) is 11.3 Å². The number of amides is 1. The van der Waals surface area contributed by atoms with Crippen molar-refractivity contribution in [3.8, 4) is 0 Å². The first-order chi connectivity index (χ1) is 9.04. The Labute approximate surface area is 125 Å². The summed E-state index contributed by atoms with van der Waals surface area (Å²) in [6.07, 6.45) is 0. The molecule has 1 aromatic heterocycles. The van der Waals surface area contributed by atoms with Gasteiger partial charge in [-0.25, -0.2) is 0 Å². The van der Waals surface area contributed by atoms with E-state index in [0.29, 0.717) is 0 Å². The lowest BCUT2D eigenvalue weighted by atomic mass is 10.2. The average Bonchev–Trinajstić information content (AvgIpc) is 2.67. The van der Waals surface area contributed by atoms with Crippen LogP contribution in [0.25, 0.3) is 0 Å². The largest absolute Gasteiger partial charge is 0.380 e. The zero-order chi connectivity index (χ0) is 13.8. The SMILES string of the molecule is CC(=O)Nc1ccc(NCc2cc(Br)c(C)s2)cc1. The third kappa shape index (κ3) is 4.08. The van der Waals surface area contributed by atoms with Gasteiger partial charge in [-0.3, -0.25) is 4.79 Å². The molecule has 0 atom stereocenters. The summed E-state index contributed by atoms with van der Waals surface area (Å²) >= 11 is 5.30. The van der Waals surface area contributed by atoms with Crippen molar-refractivity contribution in [3.05, 3.63) is 44.6 Å². The molecule has 2 rings (SSSR count). The highest BCUT2D eigenvalue weighted by Crippen LogP contribution is 2.27. The standard InChI is InChI=1S/C14H15BrN2OS/c1-9-14(15)7-13(19-9)8-16-11-3-5-12(6-4-11)17-10(2)18/h3-7,16H,8H2,1-2H3,(H,17,18). The van der Waals surface area contributed by atoms with E-state index in [4.69, 9.17) is 0 Å². The van der Waals surface area contributed by atoms with Crippen LogP contribution in [0.15, 0.2) is 34.8 Å². The zero-order valence-electron chi connectivity index (χ0n) is 10.8. The maximum Gasteiger partial charge on any atom is 0.221 e. The maximum atomic E-state index is 10.9. The molecule has 1 aromatic carbocycles. The van der Waals surface area contributed by atoms with E-state index in [0.717, 1.165) is 22.4 Å². The first-order valence-electron chi connectivity index (χ1n) is 5.91. The molecule has 0 aliphatic carbocycles. The number of carbonyl (C=O) groups excluding carboxylic acids is 1. The van der Waals surface area contributed by atoms with Gasteiger partial charge < -0.3 is 10.6 Å². The molecule has 2 N–H and O–H groups in total. The van der Waals surface area contributed by atoms with Crippen molar-refractivity contribution in [1.82, 2.24) is 0 Å². The highest BCUT2D eigenvalue weighted by atomic mass is 79.9. The number of aryl methyl sites for hydroxylation is 1. The van der Waals surface area contributed by atoms with E-state index in [-0.39, 0.29) is 5.91 Å². The van der Waals surface area contributed by atoms with Gasteiger partial charge in [-0.15, -0.1) is 11.3 Å². The predicted octanol–water partition coefficient (Wildman–Crippen LogP) is 4.39. The van der Waals surface area contributed by atoms with E-state index in [1.807, 2.05) is 24.3 Å². The van der Waals surface area contributed by atoms with Gasteiger partial charge in [0.2, 0.25) is 5.91 Å². The van der Waals surface area contributed by atoms with E-state index in [9.17, 15) is 4.79 Å². The number of benzene rings is 1. The fourth-order valence-corrected chi connectivity index (χ4v) is 3.21. The second-order valence-corrected chi connectivity index (χ2v) is 6.42. The van der Waals surface area contributed by atoms with Gasteiger partial charge >= 0.3 is 0 Å². The quantitative estimate of drug-likeness (QED) is 0.867. The number of rotatable bonds is 4. The summed E-state index contributed by atoms with van der Waals surface area (Å²) in [6, 6.07) is 9.83. The van der Waals surface area contributed by atoms with Crippen molar-refractivity contribution in [2.45, 2.75) is 20.4 Å². The minimum atomic E-state index is -0.0559. The lowest BCUT2D eigenvalue weighted by molar-refractivity contribution is -0.114. The van der Waals surface area contributed by atoms with Crippen LogP contribution in [0.3, 0.4) is 0 Å². The van der Waals surface area contributed by atoms with Crippen LogP contribution in [0.2, 0.25) is 0 Å². The Bertz CT molecular complexity index is 558. The van der Waals surface area contributed by atoms with E-state index in [1.165, 1.54) is 16.7 Å². The summed E-state index contributed by atoms with van der Waals surface area (Å²) in [7, 11) is 0. The minimum Gasteiger partial charge on any atom is -0.380 e. The second-order valence-electron chi connectivity index (χ2n) is 4.23. The smallest absolute Gasteiger partial charge is 0.221 e. The van der Waals surface area contributed by atoms with Crippen LogP contribution in [0.1, 0.15) is 16.7 Å². The molecule has 0 fully saturated rings. The summed E-state index contributed by atoms with van der Waals surface area (Å²) in [5, 5.41) is 6.10. The van der Waals surface area contributed by atoms with Crippen LogP contribution in [-0.4, -0.2) is 5.91 Å². The summed E-state index contributed by atoms with van der Waals surface area (Å²) in [5.41, 5.74) is 1.85. The molecule has 0 aliphatic rings. The molecule has 0 unspecified atom stereocenters. The zero-order valence-corrected chi connectivity index (χ0v) is 13.2. The lowest BCUT2D eigenvalue weighted by Gasteiger charge is -2.06. The number of carbonyl (C=O) groups is 1. The molecule has 0 aliphatic heterocycles. The topological polar surface area (TPSA) is 41.1 Å². The molecule has 0 saturated carbocycles. The lowest BCUT2D eigenvalue weighted by Crippen LogP contribution is -2.05. The average molecular weight is 339 g/mol.